The molecule has 2 N–H and O–H groups in total. The Balaban J connectivity index is 3.60. The van der Waals surface area contributed by atoms with Crippen LogP contribution in [-0.2, 0) is 9.59 Å². The normalized spacial score (nSPS) is 11.9. The highest BCUT2D eigenvalue weighted by molar-refractivity contribution is 5.78. The van der Waals surface area contributed by atoms with Crippen LogP contribution in [0.5, 0.6) is 0 Å². The molecular formula is C7H14N2O2. The summed E-state index contributed by atoms with van der Waals surface area (Å²) < 4.78 is 0. The molecule has 0 aliphatic heterocycles. The first-order chi connectivity index (χ1) is 5.06. The number of hydrogen-bond donors (Lipinski definition) is 2. The van der Waals surface area contributed by atoms with E-state index < -0.39 is 0 Å². The Morgan fingerprint density at radius 1 is 1.45 bits per heavy atom. The monoisotopic (exact) mass is 158 g/mol. The van der Waals surface area contributed by atoms with E-state index in [1.165, 1.54) is 6.92 Å². The van der Waals surface area contributed by atoms with Gasteiger partial charge in [0.15, 0.2) is 0 Å². The Hall–Kier alpha value is -1.06. The molecule has 0 spiro atoms. The summed E-state index contributed by atoms with van der Waals surface area (Å²) in [4.78, 5) is 21.2. The van der Waals surface area contributed by atoms with E-state index in [0.29, 0.717) is 6.42 Å². The molecule has 2 amide bonds. The zero-order chi connectivity index (χ0) is 8.85. The van der Waals surface area contributed by atoms with Gasteiger partial charge in [0.05, 0.1) is 0 Å². The molecule has 0 fully saturated rings. The third-order valence-electron chi connectivity index (χ3n) is 1.22. The smallest absolute Gasteiger partial charge is 0.221 e. The zero-order valence-corrected chi connectivity index (χ0v) is 7.10. The van der Waals surface area contributed by atoms with Gasteiger partial charge in [0.1, 0.15) is 0 Å². The van der Waals surface area contributed by atoms with E-state index in [0.717, 1.165) is 0 Å². The van der Waals surface area contributed by atoms with Crippen molar-refractivity contribution < 1.29 is 9.59 Å². The highest BCUT2D eigenvalue weighted by atomic mass is 16.2. The maximum atomic E-state index is 10.7. The van der Waals surface area contributed by atoms with Crippen molar-refractivity contribution in [3.05, 3.63) is 0 Å². The molecule has 4 nitrogen and oxygen atoms in total. The molecule has 0 aromatic rings. The molecule has 1 unspecified atom stereocenters. The van der Waals surface area contributed by atoms with Crippen LogP contribution < -0.4 is 10.6 Å². The van der Waals surface area contributed by atoms with Crippen LogP contribution >= 0.6 is 0 Å². The molecule has 64 valence electrons. The first-order valence-electron chi connectivity index (χ1n) is 3.54. The lowest BCUT2D eigenvalue weighted by Crippen LogP contribution is -2.35. The van der Waals surface area contributed by atoms with Crippen molar-refractivity contribution in [3.8, 4) is 0 Å². The predicted molar refractivity (Wildman–Crippen MR) is 42.0 cm³/mol. The lowest BCUT2D eigenvalue weighted by atomic mass is 10.2. The zero-order valence-electron chi connectivity index (χ0n) is 7.10. The van der Waals surface area contributed by atoms with E-state index in [2.05, 4.69) is 10.6 Å². The van der Waals surface area contributed by atoms with E-state index in [1.54, 1.807) is 14.0 Å². The van der Waals surface area contributed by atoms with Crippen LogP contribution in [0.3, 0.4) is 0 Å². The molecule has 11 heavy (non-hydrogen) atoms. The van der Waals surface area contributed by atoms with Crippen LogP contribution in [0.2, 0.25) is 0 Å². The topological polar surface area (TPSA) is 58.2 Å². The molecule has 0 aromatic heterocycles. The summed E-state index contributed by atoms with van der Waals surface area (Å²) in [5.74, 6) is -0.173. The van der Waals surface area contributed by atoms with E-state index in [4.69, 9.17) is 0 Å². The fourth-order valence-electron chi connectivity index (χ4n) is 0.778. The maximum absolute atomic E-state index is 10.7. The van der Waals surface area contributed by atoms with Crippen molar-refractivity contribution in [2.45, 2.75) is 26.3 Å². The molecule has 0 rings (SSSR count). The second-order valence-electron chi connectivity index (χ2n) is 2.48. The highest BCUT2D eigenvalue weighted by Gasteiger charge is 2.07. The van der Waals surface area contributed by atoms with Crippen molar-refractivity contribution in [1.82, 2.24) is 10.6 Å². The minimum Gasteiger partial charge on any atom is -0.359 e. The Bertz CT molecular complexity index is 157. The standard InChI is InChI=1S/C7H14N2O2/c1-5(9-6(2)10)4-7(11)8-3/h5H,4H2,1-3H3,(H,8,11)(H,9,10). The number of hydrogen-bond acceptors (Lipinski definition) is 2. The molecule has 0 saturated carbocycles. The van der Waals surface area contributed by atoms with Gasteiger partial charge in [0.25, 0.3) is 0 Å². The van der Waals surface area contributed by atoms with E-state index in [-0.39, 0.29) is 17.9 Å². The van der Waals surface area contributed by atoms with Gasteiger partial charge in [-0.05, 0) is 6.92 Å². The second-order valence-corrected chi connectivity index (χ2v) is 2.48. The van der Waals surface area contributed by atoms with Crippen molar-refractivity contribution in [3.63, 3.8) is 0 Å². The molecule has 0 saturated heterocycles. The van der Waals surface area contributed by atoms with Crippen LogP contribution in [0.15, 0.2) is 0 Å². The molecule has 0 aromatic carbocycles. The van der Waals surface area contributed by atoms with Gasteiger partial charge in [-0.15, -0.1) is 0 Å². The predicted octanol–water partition coefficient (Wildman–Crippen LogP) is -0.353. The molecule has 0 aliphatic rings. The molecule has 4 heteroatoms. The minimum absolute atomic E-state index is 0.0637. The average molecular weight is 158 g/mol. The minimum atomic E-state index is -0.110. The van der Waals surface area contributed by atoms with Crippen molar-refractivity contribution in [2.24, 2.45) is 0 Å². The van der Waals surface area contributed by atoms with Gasteiger partial charge in [-0.2, -0.15) is 0 Å². The Labute approximate surface area is 66.4 Å². The summed E-state index contributed by atoms with van der Waals surface area (Å²) in [7, 11) is 1.57. The molecule has 0 bridgehead atoms. The summed E-state index contributed by atoms with van der Waals surface area (Å²) in [6.07, 6.45) is 0.329. The van der Waals surface area contributed by atoms with Gasteiger partial charge in [-0.3, -0.25) is 9.59 Å². The molecule has 0 aliphatic carbocycles. The van der Waals surface area contributed by atoms with Gasteiger partial charge in [-0.1, -0.05) is 0 Å². The lowest BCUT2D eigenvalue weighted by Gasteiger charge is -2.10. The van der Waals surface area contributed by atoms with Crippen molar-refractivity contribution in [2.75, 3.05) is 7.05 Å². The van der Waals surface area contributed by atoms with Gasteiger partial charge in [-0.25, -0.2) is 0 Å². The Kier molecular flexibility index (Phi) is 4.26. The highest BCUT2D eigenvalue weighted by Crippen LogP contribution is 1.88. The number of carbonyl (C=O) groups is 2. The molecule has 0 heterocycles. The fraction of sp³-hybridized carbons (Fsp3) is 0.714. The van der Waals surface area contributed by atoms with E-state index in [9.17, 15) is 9.59 Å². The average Bonchev–Trinajstić information content (AvgIpc) is 1.85. The lowest BCUT2D eigenvalue weighted by molar-refractivity contribution is -0.122. The molecule has 0 radical (unpaired) electrons. The summed E-state index contributed by atoms with van der Waals surface area (Å²) in [6, 6.07) is -0.0903. The number of nitrogens with one attached hydrogen (secondary N) is 2. The van der Waals surface area contributed by atoms with Gasteiger partial charge >= 0.3 is 0 Å². The van der Waals surface area contributed by atoms with Gasteiger partial charge in [0, 0.05) is 26.4 Å². The van der Waals surface area contributed by atoms with Crippen molar-refractivity contribution >= 4 is 11.8 Å². The Morgan fingerprint density at radius 3 is 2.36 bits per heavy atom. The SMILES string of the molecule is CNC(=O)CC(C)NC(C)=O. The van der Waals surface area contributed by atoms with Crippen molar-refractivity contribution in [1.29, 1.82) is 0 Å². The fourth-order valence-corrected chi connectivity index (χ4v) is 0.778. The summed E-state index contributed by atoms with van der Waals surface area (Å²) in [6.45, 7) is 3.22. The largest absolute Gasteiger partial charge is 0.359 e. The van der Waals surface area contributed by atoms with Gasteiger partial charge < -0.3 is 10.6 Å². The molecular weight excluding hydrogens is 144 g/mol. The third-order valence-corrected chi connectivity index (χ3v) is 1.22. The molecule has 1 atom stereocenters. The quantitative estimate of drug-likeness (QED) is 0.589. The third kappa shape index (κ3) is 5.39. The van der Waals surface area contributed by atoms with Crippen LogP contribution in [0.1, 0.15) is 20.3 Å². The van der Waals surface area contributed by atoms with Crippen LogP contribution in [0.25, 0.3) is 0 Å². The summed E-state index contributed by atoms with van der Waals surface area (Å²) in [5, 5.41) is 5.09. The number of carbonyl (C=O) groups excluding carboxylic acids is 2. The second kappa shape index (κ2) is 4.71. The van der Waals surface area contributed by atoms with Crippen LogP contribution in [0, 0.1) is 0 Å². The first-order valence-corrected chi connectivity index (χ1v) is 3.54. The Morgan fingerprint density at radius 2 is 2.00 bits per heavy atom. The summed E-state index contributed by atoms with van der Waals surface area (Å²) in [5.41, 5.74) is 0. The number of rotatable bonds is 3. The van der Waals surface area contributed by atoms with E-state index >= 15 is 0 Å². The van der Waals surface area contributed by atoms with Crippen LogP contribution in [0.4, 0.5) is 0 Å². The number of amides is 2. The first kappa shape index (κ1) is 9.94. The van der Waals surface area contributed by atoms with E-state index in [1.807, 2.05) is 0 Å². The van der Waals surface area contributed by atoms with Gasteiger partial charge in [0.2, 0.25) is 11.8 Å². The summed E-state index contributed by atoms with van der Waals surface area (Å²) >= 11 is 0. The maximum Gasteiger partial charge on any atom is 0.221 e. The van der Waals surface area contributed by atoms with Crippen LogP contribution in [-0.4, -0.2) is 24.9 Å².